The van der Waals surface area contributed by atoms with Crippen LogP contribution >= 0.6 is 34.8 Å². The van der Waals surface area contributed by atoms with Crippen molar-refractivity contribution in [1.29, 1.82) is 0 Å². The molecule has 4 nitrogen and oxygen atoms in total. The third-order valence-electron chi connectivity index (χ3n) is 2.91. The molecule has 0 aromatic heterocycles. The maximum Gasteiger partial charge on any atom is 0.186 e. The molecule has 2 aromatic carbocycles. The lowest BCUT2D eigenvalue weighted by atomic mass is 10.2. The van der Waals surface area contributed by atoms with Crippen molar-refractivity contribution in [3.05, 3.63) is 63.2 Å². The predicted molar refractivity (Wildman–Crippen MR) is 107 cm³/mol. The third-order valence-corrected chi connectivity index (χ3v) is 3.99. The molecule has 0 spiro atoms. The first-order valence-electron chi connectivity index (χ1n) is 7.22. The molecule has 2 N–H and O–H groups in total. The summed E-state index contributed by atoms with van der Waals surface area (Å²) in [6.45, 7) is 3.31. The van der Waals surface area contributed by atoms with Gasteiger partial charge in [0.25, 0.3) is 0 Å². The summed E-state index contributed by atoms with van der Waals surface area (Å²) in [7, 11) is 0. The lowest BCUT2D eigenvalue weighted by Crippen LogP contribution is -2.31. The van der Waals surface area contributed by atoms with E-state index < -0.39 is 0 Å². The molecule has 2 rings (SSSR count). The van der Waals surface area contributed by atoms with E-state index >= 15 is 0 Å². The summed E-state index contributed by atoms with van der Waals surface area (Å²) in [6.07, 6.45) is 1.73. The minimum absolute atomic E-state index is 0.515. The number of nitrogens with one attached hydrogen (secondary N) is 2. The first kappa shape index (κ1) is 17.7. The van der Waals surface area contributed by atoms with Gasteiger partial charge in [-0.05, 0) is 71.1 Å². The SMILES string of the molecule is CCNC(=S)N/N=C\c1ccc(OCc2ccccc2)c(I)c1. The van der Waals surface area contributed by atoms with Gasteiger partial charge in [0.2, 0.25) is 0 Å². The van der Waals surface area contributed by atoms with Crippen LogP contribution in [0.5, 0.6) is 5.75 Å². The number of nitrogens with zero attached hydrogens (tertiary/aromatic N) is 1. The summed E-state index contributed by atoms with van der Waals surface area (Å²) >= 11 is 7.30. The van der Waals surface area contributed by atoms with Crippen LogP contribution in [0.15, 0.2) is 53.6 Å². The van der Waals surface area contributed by atoms with E-state index in [4.69, 9.17) is 17.0 Å². The fraction of sp³-hybridized carbons (Fsp3) is 0.176. The molecule has 0 radical (unpaired) electrons. The summed E-state index contributed by atoms with van der Waals surface area (Å²) in [4.78, 5) is 0. The van der Waals surface area contributed by atoms with Gasteiger partial charge in [0, 0.05) is 6.54 Å². The highest BCUT2D eigenvalue weighted by Crippen LogP contribution is 2.22. The van der Waals surface area contributed by atoms with Gasteiger partial charge in [-0.2, -0.15) is 5.10 Å². The number of thiocarbonyl (C=S) groups is 1. The molecule has 0 saturated carbocycles. The number of hydrogen-bond acceptors (Lipinski definition) is 3. The van der Waals surface area contributed by atoms with Crippen LogP contribution in [0.25, 0.3) is 0 Å². The van der Waals surface area contributed by atoms with Crippen LogP contribution in [-0.4, -0.2) is 17.9 Å². The van der Waals surface area contributed by atoms with Crippen molar-refractivity contribution in [1.82, 2.24) is 10.7 Å². The summed E-state index contributed by atoms with van der Waals surface area (Å²) in [5.74, 6) is 0.864. The molecule has 120 valence electrons. The molecule has 0 unspecified atom stereocenters. The van der Waals surface area contributed by atoms with E-state index in [9.17, 15) is 0 Å². The first-order valence-corrected chi connectivity index (χ1v) is 8.71. The average Bonchev–Trinajstić information content (AvgIpc) is 2.55. The van der Waals surface area contributed by atoms with Crippen molar-refractivity contribution in [2.45, 2.75) is 13.5 Å². The second kappa shape index (κ2) is 9.46. The number of halogens is 1. The molecule has 0 atom stereocenters. The number of hydrazone groups is 1. The van der Waals surface area contributed by atoms with Gasteiger partial charge in [-0.1, -0.05) is 30.3 Å². The minimum Gasteiger partial charge on any atom is -0.488 e. The predicted octanol–water partition coefficient (Wildman–Crippen LogP) is 3.69. The van der Waals surface area contributed by atoms with Gasteiger partial charge in [0.1, 0.15) is 12.4 Å². The van der Waals surface area contributed by atoms with Crippen LogP contribution < -0.4 is 15.5 Å². The zero-order chi connectivity index (χ0) is 16.5. The molecular weight excluding hydrogens is 421 g/mol. The maximum absolute atomic E-state index is 5.85. The number of benzene rings is 2. The molecule has 0 fully saturated rings. The maximum atomic E-state index is 5.85. The van der Waals surface area contributed by atoms with E-state index in [0.29, 0.717) is 11.7 Å². The van der Waals surface area contributed by atoms with E-state index in [1.54, 1.807) is 6.21 Å². The zero-order valence-electron chi connectivity index (χ0n) is 12.8. The molecule has 0 bridgehead atoms. The molecule has 0 heterocycles. The Bertz CT molecular complexity index is 677. The second-order valence-corrected chi connectivity index (χ2v) is 6.26. The van der Waals surface area contributed by atoms with Gasteiger partial charge in [-0.25, -0.2) is 0 Å². The number of hydrogen-bond donors (Lipinski definition) is 2. The summed E-state index contributed by atoms with van der Waals surface area (Å²) < 4.78 is 6.89. The third kappa shape index (κ3) is 6.15. The molecule has 0 amide bonds. The Kier molecular flexibility index (Phi) is 7.28. The zero-order valence-corrected chi connectivity index (χ0v) is 15.7. The first-order chi connectivity index (χ1) is 11.2. The largest absolute Gasteiger partial charge is 0.488 e. The molecule has 0 aliphatic carbocycles. The van der Waals surface area contributed by atoms with E-state index in [-0.39, 0.29) is 0 Å². The molecule has 2 aromatic rings. The summed E-state index contributed by atoms with van der Waals surface area (Å²) in [5, 5.41) is 7.59. The molecule has 0 aliphatic rings. The van der Waals surface area contributed by atoms with Crippen molar-refractivity contribution in [2.24, 2.45) is 5.10 Å². The van der Waals surface area contributed by atoms with Gasteiger partial charge < -0.3 is 10.1 Å². The Labute approximate surface area is 155 Å². The fourth-order valence-electron chi connectivity index (χ4n) is 1.82. The van der Waals surface area contributed by atoms with E-state index in [1.165, 1.54) is 0 Å². The van der Waals surface area contributed by atoms with E-state index in [2.05, 4.69) is 38.4 Å². The van der Waals surface area contributed by atoms with E-state index in [0.717, 1.165) is 27.0 Å². The lowest BCUT2D eigenvalue weighted by molar-refractivity contribution is 0.304. The monoisotopic (exact) mass is 439 g/mol. The van der Waals surface area contributed by atoms with Crippen molar-refractivity contribution in [3.8, 4) is 5.75 Å². The Hall–Kier alpha value is -1.67. The molecular formula is C17H18IN3OS. The topological polar surface area (TPSA) is 45.7 Å². The van der Waals surface area contributed by atoms with Gasteiger partial charge in [0.15, 0.2) is 5.11 Å². The summed E-state index contributed by atoms with van der Waals surface area (Å²) in [6, 6.07) is 16.0. The van der Waals surface area contributed by atoms with Crippen molar-refractivity contribution >= 4 is 46.1 Å². The van der Waals surface area contributed by atoms with Crippen LogP contribution in [-0.2, 0) is 6.61 Å². The van der Waals surface area contributed by atoms with Crippen molar-refractivity contribution < 1.29 is 4.74 Å². The molecule has 6 heteroatoms. The second-order valence-electron chi connectivity index (χ2n) is 4.69. The average molecular weight is 439 g/mol. The van der Waals surface area contributed by atoms with E-state index in [1.807, 2.05) is 55.5 Å². The fourth-order valence-corrected chi connectivity index (χ4v) is 2.71. The van der Waals surface area contributed by atoms with Crippen LogP contribution in [0.4, 0.5) is 0 Å². The normalized spacial score (nSPS) is 10.5. The van der Waals surface area contributed by atoms with Crippen LogP contribution in [0.1, 0.15) is 18.1 Å². The van der Waals surface area contributed by atoms with Crippen molar-refractivity contribution in [2.75, 3.05) is 6.54 Å². The Morgan fingerprint density at radius 3 is 2.74 bits per heavy atom. The molecule has 0 saturated heterocycles. The Morgan fingerprint density at radius 1 is 1.26 bits per heavy atom. The number of ether oxygens (including phenoxy) is 1. The van der Waals surface area contributed by atoms with Gasteiger partial charge in [0.05, 0.1) is 9.78 Å². The Balaban J connectivity index is 1.92. The lowest BCUT2D eigenvalue weighted by Gasteiger charge is -2.09. The van der Waals surface area contributed by atoms with Crippen molar-refractivity contribution in [3.63, 3.8) is 0 Å². The highest BCUT2D eigenvalue weighted by molar-refractivity contribution is 14.1. The summed E-state index contributed by atoms with van der Waals surface area (Å²) in [5.41, 5.74) is 4.90. The Morgan fingerprint density at radius 2 is 2.04 bits per heavy atom. The van der Waals surface area contributed by atoms with Gasteiger partial charge in [-0.15, -0.1) is 0 Å². The minimum atomic E-state index is 0.515. The smallest absolute Gasteiger partial charge is 0.186 e. The van der Waals surface area contributed by atoms with Crippen LogP contribution in [0.2, 0.25) is 0 Å². The molecule has 23 heavy (non-hydrogen) atoms. The van der Waals surface area contributed by atoms with Crippen LogP contribution in [0, 0.1) is 3.57 Å². The highest BCUT2D eigenvalue weighted by Gasteiger charge is 2.02. The van der Waals surface area contributed by atoms with Gasteiger partial charge >= 0.3 is 0 Å². The van der Waals surface area contributed by atoms with Crippen LogP contribution in [0.3, 0.4) is 0 Å². The van der Waals surface area contributed by atoms with Gasteiger partial charge in [-0.3, -0.25) is 5.43 Å². The molecule has 0 aliphatic heterocycles. The standard InChI is InChI=1S/C17H18IN3OS/c1-2-19-17(23)21-20-11-14-8-9-16(15(18)10-14)22-12-13-6-4-3-5-7-13/h3-11H,2,12H2,1H3,(H2,19,21,23)/b20-11-. The quantitative estimate of drug-likeness (QED) is 0.312. The highest BCUT2D eigenvalue weighted by atomic mass is 127. The number of rotatable bonds is 6.